The Hall–Kier alpha value is -1.23. The molecule has 108 valence electrons. The average Bonchev–Trinajstić information content (AvgIpc) is 2.95. The van der Waals surface area contributed by atoms with Crippen molar-refractivity contribution in [2.75, 3.05) is 14.2 Å². The first kappa shape index (κ1) is 15.2. The lowest BCUT2D eigenvalue weighted by Crippen LogP contribution is -2.12. The molecule has 0 saturated carbocycles. The number of hydrogen-bond donors (Lipinski definition) is 1. The number of halogens is 1. The Morgan fingerprint density at radius 1 is 1.20 bits per heavy atom. The molecule has 0 aliphatic rings. The van der Waals surface area contributed by atoms with Crippen molar-refractivity contribution >= 4 is 22.9 Å². The predicted molar refractivity (Wildman–Crippen MR) is 84.3 cm³/mol. The molecule has 0 fully saturated rings. The van der Waals surface area contributed by atoms with E-state index in [-0.39, 0.29) is 6.04 Å². The van der Waals surface area contributed by atoms with Crippen LogP contribution >= 0.6 is 22.9 Å². The lowest BCUT2D eigenvalue weighted by Gasteiger charge is -2.17. The van der Waals surface area contributed by atoms with Crippen LogP contribution in [0.1, 0.15) is 28.3 Å². The van der Waals surface area contributed by atoms with Gasteiger partial charge in [0.05, 0.1) is 20.3 Å². The Morgan fingerprint density at radius 3 is 2.50 bits per heavy atom. The van der Waals surface area contributed by atoms with Gasteiger partial charge in [-0.25, -0.2) is 0 Å². The van der Waals surface area contributed by atoms with Crippen molar-refractivity contribution < 1.29 is 9.47 Å². The number of benzene rings is 1. The molecule has 0 amide bonds. The van der Waals surface area contributed by atoms with Gasteiger partial charge in [-0.2, -0.15) is 0 Å². The molecule has 0 saturated heterocycles. The van der Waals surface area contributed by atoms with Crippen molar-refractivity contribution in [1.82, 2.24) is 0 Å². The molecule has 0 aliphatic heterocycles. The fourth-order valence-corrected chi connectivity index (χ4v) is 3.37. The van der Waals surface area contributed by atoms with E-state index in [0.717, 1.165) is 16.9 Å². The third-order valence-electron chi connectivity index (χ3n) is 3.19. The summed E-state index contributed by atoms with van der Waals surface area (Å²) in [6.45, 7) is 2.13. The highest BCUT2D eigenvalue weighted by atomic mass is 35.5. The largest absolute Gasteiger partial charge is 0.495 e. The quantitative estimate of drug-likeness (QED) is 0.906. The van der Waals surface area contributed by atoms with Crippen molar-refractivity contribution in [1.29, 1.82) is 0 Å². The summed E-state index contributed by atoms with van der Waals surface area (Å²) in [5, 5.41) is 0.454. The molecule has 1 aromatic carbocycles. The topological polar surface area (TPSA) is 44.5 Å². The SMILES string of the molecule is CCc1ccc(C(N)c2ccc(OC)c(Cl)c2OC)s1. The molecule has 0 bridgehead atoms. The van der Waals surface area contributed by atoms with Crippen molar-refractivity contribution in [2.24, 2.45) is 5.73 Å². The Morgan fingerprint density at radius 2 is 1.95 bits per heavy atom. The fraction of sp³-hybridized carbons (Fsp3) is 0.333. The summed E-state index contributed by atoms with van der Waals surface area (Å²) < 4.78 is 10.6. The highest BCUT2D eigenvalue weighted by Crippen LogP contribution is 2.41. The van der Waals surface area contributed by atoms with Crippen molar-refractivity contribution in [2.45, 2.75) is 19.4 Å². The van der Waals surface area contributed by atoms with Crippen LogP contribution in [0.3, 0.4) is 0 Å². The van der Waals surface area contributed by atoms with Gasteiger partial charge < -0.3 is 15.2 Å². The van der Waals surface area contributed by atoms with Gasteiger partial charge in [0.2, 0.25) is 0 Å². The maximum absolute atomic E-state index is 6.35. The van der Waals surface area contributed by atoms with Gasteiger partial charge in [-0.3, -0.25) is 0 Å². The summed E-state index contributed by atoms with van der Waals surface area (Å²) in [6, 6.07) is 7.63. The zero-order chi connectivity index (χ0) is 14.7. The predicted octanol–water partition coefficient (Wildman–Crippen LogP) is 4.03. The zero-order valence-electron chi connectivity index (χ0n) is 11.8. The number of hydrogen-bond acceptors (Lipinski definition) is 4. The Kier molecular flexibility index (Phi) is 4.91. The monoisotopic (exact) mass is 311 g/mol. The Labute approximate surface area is 128 Å². The van der Waals surface area contributed by atoms with E-state index in [1.54, 1.807) is 25.6 Å². The first-order valence-electron chi connectivity index (χ1n) is 6.36. The van der Waals surface area contributed by atoms with Crippen LogP contribution in [0.4, 0.5) is 0 Å². The van der Waals surface area contributed by atoms with Gasteiger partial charge in [0.25, 0.3) is 0 Å². The molecule has 1 aromatic heterocycles. The number of aryl methyl sites for hydroxylation is 1. The van der Waals surface area contributed by atoms with Crippen molar-refractivity contribution in [3.8, 4) is 11.5 Å². The summed E-state index contributed by atoms with van der Waals surface area (Å²) in [5.41, 5.74) is 7.22. The molecule has 0 spiro atoms. The van der Waals surface area contributed by atoms with Gasteiger partial charge in [0, 0.05) is 15.3 Å². The summed E-state index contributed by atoms with van der Waals surface area (Å²) in [5.74, 6) is 1.16. The van der Waals surface area contributed by atoms with E-state index in [2.05, 4.69) is 19.1 Å². The number of rotatable bonds is 5. The average molecular weight is 312 g/mol. The standard InChI is InChI=1S/C15H18ClNO2S/c1-4-9-5-8-12(20-9)14(17)10-6-7-11(18-2)13(16)15(10)19-3/h5-8,14H,4,17H2,1-3H3. The second kappa shape index (κ2) is 6.48. The van der Waals surface area contributed by atoms with E-state index in [9.17, 15) is 0 Å². The molecule has 1 unspecified atom stereocenters. The summed E-state index contributed by atoms with van der Waals surface area (Å²) >= 11 is 7.99. The normalized spacial score (nSPS) is 12.2. The van der Waals surface area contributed by atoms with E-state index in [1.165, 1.54) is 4.88 Å². The van der Waals surface area contributed by atoms with E-state index in [4.69, 9.17) is 26.8 Å². The molecule has 1 heterocycles. The van der Waals surface area contributed by atoms with Crippen molar-refractivity contribution in [3.63, 3.8) is 0 Å². The van der Waals surface area contributed by atoms with Gasteiger partial charge in [-0.15, -0.1) is 11.3 Å². The van der Waals surface area contributed by atoms with Gasteiger partial charge in [0.1, 0.15) is 16.5 Å². The van der Waals surface area contributed by atoms with Crippen LogP contribution in [0.25, 0.3) is 0 Å². The van der Waals surface area contributed by atoms with Gasteiger partial charge in [-0.1, -0.05) is 18.5 Å². The van der Waals surface area contributed by atoms with Crippen LogP contribution in [-0.4, -0.2) is 14.2 Å². The van der Waals surface area contributed by atoms with Crippen LogP contribution in [0.15, 0.2) is 24.3 Å². The third-order valence-corrected chi connectivity index (χ3v) is 4.86. The van der Waals surface area contributed by atoms with E-state index < -0.39 is 0 Å². The molecule has 5 heteroatoms. The molecule has 2 N–H and O–H groups in total. The second-order valence-electron chi connectivity index (χ2n) is 4.34. The second-order valence-corrected chi connectivity index (χ2v) is 5.92. The maximum atomic E-state index is 6.35. The number of nitrogens with two attached hydrogens (primary N) is 1. The molecular weight excluding hydrogens is 294 g/mol. The van der Waals surface area contributed by atoms with Crippen LogP contribution in [-0.2, 0) is 6.42 Å². The number of ether oxygens (including phenoxy) is 2. The number of methoxy groups -OCH3 is 2. The molecule has 1 atom stereocenters. The highest BCUT2D eigenvalue weighted by molar-refractivity contribution is 7.12. The lowest BCUT2D eigenvalue weighted by molar-refractivity contribution is 0.390. The van der Waals surface area contributed by atoms with Crippen molar-refractivity contribution in [3.05, 3.63) is 44.6 Å². The van der Waals surface area contributed by atoms with E-state index in [1.807, 2.05) is 12.1 Å². The van der Waals surface area contributed by atoms with E-state index >= 15 is 0 Å². The minimum atomic E-state index is -0.251. The molecule has 0 aliphatic carbocycles. The zero-order valence-corrected chi connectivity index (χ0v) is 13.3. The van der Waals surface area contributed by atoms with Gasteiger partial charge in [-0.05, 0) is 30.7 Å². The third kappa shape index (κ3) is 2.77. The lowest BCUT2D eigenvalue weighted by atomic mass is 10.0. The van der Waals surface area contributed by atoms with Gasteiger partial charge in [0.15, 0.2) is 0 Å². The minimum absolute atomic E-state index is 0.251. The fourth-order valence-electron chi connectivity index (χ4n) is 2.07. The van der Waals surface area contributed by atoms with Crippen LogP contribution in [0, 0.1) is 0 Å². The summed E-state index contributed by atoms with van der Waals surface area (Å²) in [7, 11) is 3.16. The molecule has 3 nitrogen and oxygen atoms in total. The molecule has 2 rings (SSSR count). The van der Waals surface area contributed by atoms with E-state index in [0.29, 0.717) is 16.5 Å². The Balaban J connectivity index is 2.43. The molecular formula is C15H18ClNO2S. The first-order chi connectivity index (χ1) is 9.62. The Bertz CT molecular complexity index is 598. The molecule has 20 heavy (non-hydrogen) atoms. The maximum Gasteiger partial charge on any atom is 0.146 e. The van der Waals surface area contributed by atoms with Crippen LogP contribution < -0.4 is 15.2 Å². The number of thiophene rings is 1. The first-order valence-corrected chi connectivity index (χ1v) is 7.56. The molecule has 2 aromatic rings. The summed E-state index contributed by atoms with van der Waals surface area (Å²) in [4.78, 5) is 2.41. The minimum Gasteiger partial charge on any atom is -0.495 e. The summed E-state index contributed by atoms with van der Waals surface area (Å²) in [6.07, 6.45) is 1.01. The van der Waals surface area contributed by atoms with Crippen LogP contribution in [0.2, 0.25) is 5.02 Å². The highest BCUT2D eigenvalue weighted by Gasteiger charge is 2.20. The van der Waals surface area contributed by atoms with Crippen LogP contribution in [0.5, 0.6) is 11.5 Å². The van der Waals surface area contributed by atoms with Gasteiger partial charge >= 0.3 is 0 Å². The molecule has 0 radical (unpaired) electrons. The smallest absolute Gasteiger partial charge is 0.146 e.